The van der Waals surface area contributed by atoms with Crippen LogP contribution in [-0.4, -0.2) is 62.3 Å². The fourth-order valence-electron chi connectivity index (χ4n) is 3.45. The predicted molar refractivity (Wildman–Crippen MR) is 94.1 cm³/mol. The molecule has 0 saturated carbocycles. The molecule has 4 atom stereocenters. The van der Waals surface area contributed by atoms with Gasteiger partial charge in [-0.05, 0) is 25.2 Å². The van der Waals surface area contributed by atoms with Crippen LogP contribution in [0, 0.1) is 11.8 Å². The van der Waals surface area contributed by atoms with Crippen molar-refractivity contribution < 1.29 is 9.53 Å². The lowest BCUT2D eigenvalue weighted by Crippen LogP contribution is -2.55. The lowest BCUT2D eigenvalue weighted by atomic mass is 9.92. The van der Waals surface area contributed by atoms with E-state index in [0.29, 0.717) is 13.2 Å². The van der Waals surface area contributed by atoms with Crippen molar-refractivity contribution in [2.24, 2.45) is 11.8 Å². The van der Waals surface area contributed by atoms with Gasteiger partial charge in [0.05, 0.1) is 13.2 Å². The number of piperidine rings is 1. The molecule has 5 nitrogen and oxygen atoms in total. The number of morpholine rings is 1. The van der Waals surface area contributed by atoms with Gasteiger partial charge in [-0.3, -0.25) is 4.79 Å². The van der Waals surface area contributed by atoms with Crippen molar-refractivity contribution in [2.75, 3.05) is 39.4 Å². The number of halogens is 2. The molecule has 0 radical (unpaired) electrons. The van der Waals surface area contributed by atoms with E-state index in [1.165, 1.54) is 6.42 Å². The van der Waals surface area contributed by atoms with Crippen molar-refractivity contribution in [1.82, 2.24) is 15.5 Å². The van der Waals surface area contributed by atoms with Gasteiger partial charge >= 0.3 is 0 Å². The first-order valence-corrected chi connectivity index (χ1v) is 7.88. The largest absolute Gasteiger partial charge is 0.378 e. The summed E-state index contributed by atoms with van der Waals surface area (Å²) in [4.78, 5) is 14.6. The smallest absolute Gasteiger partial charge is 0.239 e. The molecule has 2 aliphatic heterocycles. The van der Waals surface area contributed by atoms with Gasteiger partial charge in [0.1, 0.15) is 6.04 Å². The van der Waals surface area contributed by atoms with E-state index in [1.807, 2.05) is 0 Å². The fraction of sp³-hybridized carbons (Fsp3) is 0.933. The van der Waals surface area contributed by atoms with Crippen molar-refractivity contribution >= 4 is 30.7 Å². The van der Waals surface area contributed by atoms with Crippen LogP contribution in [0.2, 0.25) is 0 Å². The summed E-state index contributed by atoms with van der Waals surface area (Å²) in [6.07, 6.45) is 1.32. The van der Waals surface area contributed by atoms with Crippen LogP contribution in [0.1, 0.15) is 27.2 Å². The molecular weight excluding hydrogens is 325 g/mol. The molecule has 2 fully saturated rings. The second-order valence-corrected chi connectivity index (χ2v) is 6.66. The van der Waals surface area contributed by atoms with Gasteiger partial charge < -0.3 is 20.3 Å². The Hall–Kier alpha value is -0.0700. The van der Waals surface area contributed by atoms with Gasteiger partial charge in [-0.2, -0.15) is 0 Å². The maximum absolute atomic E-state index is 12.1. The lowest BCUT2D eigenvalue weighted by molar-refractivity contribution is -0.126. The molecule has 132 valence electrons. The SMILES string of the molecule is CC1CC(C)CN(CC(C)NC(=O)C2COCCN2)C1.Cl.Cl. The van der Waals surface area contributed by atoms with Crippen molar-refractivity contribution in [2.45, 2.75) is 39.3 Å². The molecule has 4 unspecified atom stereocenters. The average molecular weight is 356 g/mol. The fourth-order valence-corrected chi connectivity index (χ4v) is 3.45. The number of ether oxygens (including phenoxy) is 1. The zero-order chi connectivity index (χ0) is 14.5. The monoisotopic (exact) mass is 355 g/mol. The van der Waals surface area contributed by atoms with E-state index in [0.717, 1.165) is 38.0 Å². The Kier molecular flexibility index (Phi) is 10.6. The van der Waals surface area contributed by atoms with Crippen molar-refractivity contribution in [3.8, 4) is 0 Å². The number of nitrogens with zero attached hydrogens (tertiary/aromatic N) is 1. The van der Waals surface area contributed by atoms with E-state index in [9.17, 15) is 4.79 Å². The summed E-state index contributed by atoms with van der Waals surface area (Å²) >= 11 is 0. The molecule has 2 N–H and O–H groups in total. The Balaban J connectivity index is 0.00000220. The minimum Gasteiger partial charge on any atom is -0.378 e. The van der Waals surface area contributed by atoms with Gasteiger partial charge in [0, 0.05) is 32.2 Å². The van der Waals surface area contributed by atoms with Gasteiger partial charge in [0.2, 0.25) is 5.91 Å². The minimum atomic E-state index is -0.189. The van der Waals surface area contributed by atoms with Gasteiger partial charge in [-0.25, -0.2) is 0 Å². The van der Waals surface area contributed by atoms with Gasteiger partial charge in [0.15, 0.2) is 0 Å². The van der Waals surface area contributed by atoms with Gasteiger partial charge in [0.25, 0.3) is 0 Å². The molecule has 0 aromatic heterocycles. The van der Waals surface area contributed by atoms with E-state index in [4.69, 9.17) is 4.74 Å². The highest BCUT2D eigenvalue weighted by Gasteiger charge is 2.25. The van der Waals surface area contributed by atoms with Crippen LogP contribution in [0.5, 0.6) is 0 Å². The molecule has 0 aromatic rings. The maximum Gasteiger partial charge on any atom is 0.239 e. The predicted octanol–water partition coefficient (Wildman–Crippen LogP) is 1.30. The summed E-state index contributed by atoms with van der Waals surface area (Å²) in [7, 11) is 0. The number of nitrogens with one attached hydrogen (secondary N) is 2. The lowest BCUT2D eigenvalue weighted by Gasteiger charge is -2.36. The van der Waals surface area contributed by atoms with Crippen LogP contribution in [0.25, 0.3) is 0 Å². The Morgan fingerprint density at radius 3 is 2.50 bits per heavy atom. The minimum absolute atomic E-state index is 0. The highest BCUT2D eigenvalue weighted by atomic mass is 35.5. The number of carbonyl (C=O) groups is 1. The standard InChI is InChI=1S/C15H29N3O2.2ClH/c1-11-6-12(2)8-18(7-11)9-13(3)17-15(19)14-10-20-5-4-16-14;;/h11-14,16H,4-10H2,1-3H3,(H,17,19);2*1H. The molecule has 0 spiro atoms. The average Bonchev–Trinajstić information content (AvgIpc) is 2.38. The second kappa shape index (κ2) is 10.7. The van der Waals surface area contributed by atoms with Crippen LogP contribution < -0.4 is 10.6 Å². The summed E-state index contributed by atoms with van der Waals surface area (Å²) in [6.45, 7) is 11.9. The van der Waals surface area contributed by atoms with E-state index >= 15 is 0 Å². The molecule has 2 saturated heterocycles. The Morgan fingerprint density at radius 1 is 1.32 bits per heavy atom. The van der Waals surface area contributed by atoms with Crippen LogP contribution >= 0.6 is 24.8 Å². The van der Waals surface area contributed by atoms with Crippen molar-refractivity contribution in [3.63, 3.8) is 0 Å². The van der Waals surface area contributed by atoms with Crippen molar-refractivity contribution in [3.05, 3.63) is 0 Å². The number of amides is 1. The van der Waals surface area contributed by atoms with E-state index in [1.54, 1.807) is 0 Å². The third kappa shape index (κ3) is 7.01. The van der Waals surface area contributed by atoms with Gasteiger partial charge in [-0.1, -0.05) is 13.8 Å². The number of rotatable bonds is 4. The number of likely N-dealkylation sites (tertiary alicyclic amines) is 1. The first-order chi connectivity index (χ1) is 9.54. The first-order valence-electron chi connectivity index (χ1n) is 7.88. The highest BCUT2D eigenvalue weighted by molar-refractivity contribution is 5.85. The number of carbonyl (C=O) groups excluding carboxylic acids is 1. The summed E-state index contributed by atoms with van der Waals surface area (Å²) in [5.74, 6) is 1.58. The molecule has 0 aromatic carbocycles. The third-order valence-corrected chi connectivity index (χ3v) is 4.10. The molecule has 22 heavy (non-hydrogen) atoms. The maximum atomic E-state index is 12.1. The van der Waals surface area contributed by atoms with Crippen LogP contribution in [0.15, 0.2) is 0 Å². The Morgan fingerprint density at radius 2 is 1.95 bits per heavy atom. The zero-order valence-corrected chi connectivity index (χ0v) is 15.5. The van der Waals surface area contributed by atoms with Crippen LogP contribution in [0.4, 0.5) is 0 Å². The normalized spacial score (nSPS) is 30.6. The van der Waals surface area contributed by atoms with E-state index in [-0.39, 0.29) is 42.8 Å². The number of hydrogen-bond donors (Lipinski definition) is 2. The molecule has 2 rings (SSSR count). The molecule has 2 heterocycles. The number of hydrogen-bond acceptors (Lipinski definition) is 4. The summed E-state index contributed by atoms with van der Waals surface area (Å²) in [5, 5.41) is 6.29. The van der Waals surface area contributed by atoms with Crippen LogP contribution in [-0.2, 0) is 9.53 Å². The third-order valence-electron chi connectivity index (χ3n) is 4.10. The van der Waals surface area contributed by atoms with Crippen LogP contribution in [0.3, 0.4) is 0 Å². The summed E-state index contributed by atoms with van der Waals surface area (Å²) in [5.41, 5.74) is 0. The Bertz CT molecular complexity index is 318. The van der Waals surface area contributed by atoms with E-state index < -0.39 is 0 Å². The van der Waals surface area contributed by atoms with Gasteiger partial charge in [-0.15, -0.1) is 24.8 Å². The molecule has 7 heteroatoms. The van der Waals surface area contributed by atoms with E-state index in [2.05, 4.69) is 36.3 Å². The summed E-state index contributed by atoms with van der Waals surface area (Å²) in [6, 6.07) is -0.00544. The summed E-state index contributed by atoms with van der Waals surface area (Å²) < 4.78 is 5.33. The highest BCUT2D eigenvalue weighted by Crippen LogP contribution is 2.20. The molecule has 1 amide bonds. The molecule has 0 aliphatic carbocycles. The Labute approximate surface area is 146 Å². The van der Waals surface area contributed by atoms with Crippen molar-refractivity contribution in [1.29, 1.82) is 0 Å². The molecular formula is C15H31Cl2N3O2. The first kappa shape index (κ1) is 21.9. The second-order valence-electron chi connectivity index (χ2n) is 6.66. The molecule has 0 bridgehead atoms. The molecule has 2 aliphatic rings. The zero-order valence-electron chi connectivity index (χ0n) is 13.8. The topological polar surface area (TPSA) is 53.6 Å². The quantitative estimate of drug-likeness (QED) is 0.797.